The van der Waals surface area contributed by atoms with E-state index in [1.54, 1.807) is 0 Å². The highest BCUT2D eigenvalue weighted by molar-refractivity contribution is 7.15. The third kappa shape index (κ3) is 1.70. The van der Waals surface area contributed by atoms with Gasteiger partial charge in [-0.2, -0.15) is 0 Å². The first-order chi connectivity index (χ1) is 6.59. The van der Waals surface area contributed by atoms with Gasteiger partial charge in [-0.15, -0.1) is 10.2 Å². The summed E-state index contributed by atoms with van der Waals surface area (Å²) in [5.41, 5.74) is 5.37. The van der Waals surface area contributed by atoms with E-state index in [9.17, 15) is 8.78 Å². The van der Waals surface area contributed by atoms with Crippen LogP contribution in [0.15, 0.2) is 0 Å². The molecule has 1 heterocycles. The number of rotatable bonds is 1. The molecule has 0 amide bonds. The van der Waals surface area contributed by atoms with E-state index in [-0.39, 0.29) is 11.6 Å². The van der Waals surface area contributed by atoms with Crippen LogP contribution >= 0.6 is 11.3 Å². The van der Waals surface area contributed by atoms with Crippen LogP contribution in [0, 0.1) is 0 Å². The van der Waals surface area contributed by atoms with Gasteiger partial charge in [0.1, 0.15) is 5.01 Å². The second-order valence-electron chi connectivity index (χ2n) is 3.54. The van der Waals surface area contributed by atoms with Gasteiger partial charge in [0, 0.05) is 6.42 Å². The van der Waals surface area contributed by atoms with Gasteiger partial charge < -0.3 is 5.73 Å². The van der Waals surface area contributed by atoms with Gasteiger partial charge in [-0.3, -0.25) is 0 Å². The molecule has 6 heteroatoms. The molecule has 0 radical (unpaired) electrons. The summed E-state index contributed by atoms with van der Waals surface area (Å²) in [6.07, 6.45) is 1.87. The van der Waals surface area contributed by atoms with E-state index in [2.05, 4.69) is 10.2 Å². The zero-order valence-corrected chi connectivity index (χ0v) is 8.36. The van der Waals surface area contributed by atoms with E-state index in [4.69, 9.17) is 5.73 Å². The molecular weight excluding hydrogens is 208 g/mol. The van der Waals surface area contributed by atoms with E-state index in [0.29, 0.717) is 17.8 Å². The fourth-order valence-corrected chi connectivity index (χ4v) is 2.60. The van der Waals surface area contributed by atoms with Crippen molar-refractivity contribution in [1.82, 2.24) is 10.2 Å². The third-order valence-electron chi connectivity index (χ3n) is 2.52. The molecule has 2 N–H and O–H groups in total. The standard InChI is InChI=1S/C8H11F2N3S/c9-8(10)4-2-1-3-5(8)6-12-13-7(11)14-6/h5H,1-4H2,(H2,11,13). The van der Waals surface area contributed by atoms with E-state index in [1.165, 1.54) is 0 Å². The van der Waals surface area contributed by atoms with Gasteiger partial charge >= 0.3 is 0 Å². The molecular formula is C8H11F2N3S. The van der Waals surface area contributed by atoms with Crippen LogP contribution in [-0.2, 0) is 0 Å². The Labute approximate surface area is 84.3 Å². The maximum Gasteiger partial charge on any atom is 0.257 e. The Kier molecular flexibility index (Phi) is 2.38. The van der Waals surface area contributed by atoms with Crippen LogP contribution in [0.5, 0.6) is 0 Å². The quantitative estimate of drug-likeness (QED) is 0.789. The minimum Gasteiger partial charge on any atom is -0.374 e. The van der Waals surface area contributed by atoms with E-state index >= 15 is 0 Å². The van der Waals surface area contributed by atoms with Crippen LogP contribution in [0.4, 0.5) is 13.9 Å². The van der Waals surface area contributed by atoms with Crippen LogP contribution in [-0.4, -0.2) is 16.1 Å². The van der Waals surface area contributed by atoms with Crippen LogP contribution in [0.2, 0.25) is 0 Å². The number of anilines is 1. The van der Waals surface area contributed by atoms with Crippen molar-refractivity contribution in [3.63, 3.8) is 0 Å². The second-order valence-corrected chi connectivity index (χ2v) is 4.58. The van der Waals surface area contributed by atoms with Gasteiger partial charge in [-0.25, -0.2) is 8.78 Å². The number of hydrogen-bond donors (Lipinski definition) is 1. The molecule has 1 saturated carbocycles. The SMILES string of the molecule is Nc1nnc(C2CCCCC2(F)F)s1. The lowest BCUT2D eigenvalue weighted by Gasteiger charge is -2.29. The molecule has 2 rings (SSSR count). The molecule has 14 heavy (non-hydrogen) atoms. The maximum atomic E-state index is 13.5. The zero-order chi connectivity index (χ0) is 10.2. The molecule has 1 aliphatic rings. The molecule has 0 spiro atoms. The van der Waals surface area contributed by atoms with Crippen LogP contribution in [0.25, 0.3) is 0 Å². The highest BCUT2D eigenvalue weighted by Crippen LogP contribution is 2.45. The van der Waals surface area contributed by atoms with E-state index < -0.39 is 11.8 Å². The molecule has 1 aromatic heterocycles. The van der Waals surface area contributed by atoms with Gasteiger partial charge in [0.25, 0.3) is 5.92 Å². The fraction of sp³-hybridized carbons (Fsp3) is 0.750. The molecule has 1 aliphatic carbocycles. The summed E-state index contributed by atoms with van der Waals surface area (Å²) in [5, 5.41) is 7.92. The maximum absolute atomic E-state index is 13.5. The predicted octanol–water partition coefficient (Wildman–Crippen LogP) is 2.41. The number of nitrogens with two attached hydrogens (primary N) is 1. The number of halogens is 2. The van der Waals surface area contributed by atoms with Crippen molar-refractivity contribution in [3.05, 3.63) is 5.01 Å². The van der Waals surface area contributed by atoms with Gasteiger partial charge in [0.05, 0.1) is 5.92 Å². The van der Waals surface area contributed by atoms with Crippen molar-refractivity contribution >= 4 is 16.5 Å². The largest absolute Gasteiger partial charge is 0.374 e. The van der Waals surface area contributed by atoms with Crippen LogP contribution in [0.3, 0.4) is 0 Å². The highest BCUT2D eigenvalue weighted by atomic mass is 32.1. The Morgan fingerprint density at radius 2 is 2.14 bits per heavy atom. The number of nitrogen functional groups attached to an aromatic ring is 1. The van der Waals surface area contributed by atoms with E-state index in [0.717, 1.165) is 17.8 Å². The van der Waals surface area contributed by atoms with Gasteiger partial charge in [-0.05, 0) is 12.8 Å². The first-order valence-electron chi connectivity index (χ1n) is 4.56. The lowest BCUT2D eigenvalue weighted by molar-refractivity contribution is -0.0549. The first-order valence-corrected chi connectivity index (χ1v) is 5.38. The van der Waals surface area contributed by atoms with Gasteiger partial charge in [0.2, 0.25) is 5.13 Å². The summed E-state index contributed by atoms with van der Waals surface area (Å²) >= 11 is 1.07. The van der Waals surface area contributed by atoms with Crippen molar-refractivity contribution in [3.8, 4) is 0 Å². The predicted molar refractivity (Wildman–Crippen MR) is 50.5 cm³/mol. The number of alkyl halides is 2. The summed E-state index contributed by atoms with van der Waals surface area (Å²) < 4.78 is 26.9. The first kappa shape index (κ1) is 9.76. The lowest BCUT2D eigenvalue weighted by atomic mass is 9.86. The summed E-state index contributed by atoms with van der Waals surface area (Å²) in [7, 11) is 0. The summed E-state index contributed by atoms with van der Waals surface area (Å²) in [6, 6.07) is 0. The molecule has 1 unspecified atom stereocenters. The third-order valence-corrected chi connectivity index (χ3v) is 3.38. The average Bonchev–Trinajstić information content (AvgIpc) is 2.51. The Bertz CT molecular complexity index is 326. The van der Waals surface area contributed by atoms with Crippen LogP contribution in [0.1, 0.15) is 36.6 Å². The summed E-state index contributed by atoms with van der Waals surface area (Å²) in [4.78, 5) is 0. The molecule has 1 atom stereocenters. The Balaban J connectivity index is 2.23. The molecule has 0 aromatic carbocycles. The van der Waals surface area contributed by atoms with E-state index in [1.807, 2.05) is 0 Å². The fourth-order valence-electron chi connectivity index (χ4n) is 1.79. The molecule has 78 valence electrons. The summed E-state index contributed by atoms with van der Waals surface area (Å²) in [6.45, 7) is 0. The van der Waals surface area contributed by atoms with Gasteiger partial charge in [0.15, 0.2) is 0 Å². The van der Waals surface area contributed by atoms with Crippen molar-refractivity contribution < 1.29 is 8.78 Å². The van der Waals surface area contributed by atoms with Crippen molar-refractivity contribution in [1.29, 1.82) is 0 Å². The summed E-state index contributed by atoms with van der Waals surface area (Å²) in [5.74, 6) is -3.41. The average molecular weight is 219 g/mol. The molecule has 3 nitrogen and oxygen atoms in total. The normalized spacial score (nSPS) is 26.3. The molecule has 1 fully saturated rings. The van der Waals surface area contributed by atoms with Crippen molar-refractivity contribution in [2.45, 2.75) is 37.5 Å². The Hall–Kier alpha value is -0.780. The molecule has 0 saturated heterocycles. The topological polar surface area (TPSA) is 51.8 Å². The monoisotopic (exact) mass is 219 g/mol. The smallest absolute Gasteiger partial charge is 0.257 e. The Morgan fingerprint density at radius 3 is 2.71 bits per heavy atom. The highest BCUT2D eigenvalue weighted by Gasteiger charge is 2.44. The number of nitrogens with zero attached hydrogens (tertiary/aromatic N) is 2. The van der Waals surface area contributed by atoms with Crippen molar-refractivity contribution in [2.24, 2.45) is 0 Å². The zero-order valence-electron chi connectivity index (χ0n) is 7.54. The second kappa shape index (κ2) is 3.42. The Morgan fingerprint density at radius 1 is 1.36 bits per heavy atom. The molecule has 1 aromatic rings. The lowest BCUT2D eigenvalue weighted by Crippen LogP contribution is -2.29. The number of aromatic nitrogens is 2. The minimum absolute atomic E-state index is 0.0445. The molecule has 0 aliphatic heterocycles. The van der Waals surface area contributed by atoms with Crippen molar-refractivity contribution in [2.75, 3.05) is 5.73 Å². The van der Waals surface area contributed by atoms with Crippen LogP contribution < -0.4 is 5.73 Å². The number of hydrogen-bond acceptors (Lipinski definition) is 4. The van der Waals surface area contributed by atoms with Gasteiger partial charge in [-0.1, -0.05) is 17.8 Å². The molecule has 0 bridgehead atoms. The minimum atomic E-state index is -2.63.